The van der Waals surface area contributed by atoms with Crippen LogP contribution in [0, 0.1) is 11.3 Å². The predicted octanol–water partition coefficient (Wildman–Crippen LogP) is 5.73. The molecular formula is C27H22N2O3S2. The third kappa shape index (κ3) is 3.89. The lowest BCUT2D eigenvalue weighted by atomic mass is 9.96. The number of carbonyl (C=O) groups is 1. The molecule has 34 heavy (non-hydrogen) atoms. The lowest BCUT2D eigenvalue weighted by Gasteiger charge is -2.24. The number of carbonyl (C=O) groups excluding carboxylic acids is 1. The summed E-state index contributed by atoms with van der Waals surface area (Å²) in [6, 6.07) is 23.3. The van der Waals surface area contributed by atoms with E-state index in [4.69, 9.17) is 0 Å². The second kappa shape index (κ2) is 9.05. The van der Waals surface area contributed by atoms with Crippen molar-refractivity contribution in [3.63, 3.8) is 0 Å². The lowest BCUT2D eigenvalue weighted by molar-refractivity contribution is 0.100. The summed E-state index contributed by atoms with van der Waals surface area (Å²) in [6.45, 7) is -0.371. The molecule has 0 amide bonds. The van der Waals surface area contributed by atoms with Crippen molar-refractivity contribution < 1.29 is 13.2 Å². The van der Waals surface area contributed by atoms with Crippen molar-refractivity contribution >= 4 is 42.9 Å². The molecule has 3 aromatic carbocycles. The number of ketones is 1. The van der Waals surface area contributed by atoms with Crippen LogP contribution in [0.5, 0.6) is 0 Å². The van der Waals surface area contributed by atoms with Gasteiger partial charge in [0.05, 0.1) is 17.0 Å². The highest BCUT2D eigenvalue weighted by atomic mass is 32.2. The van der Waals surface area contributed by atoms with Gasteiger partial charge in [0.15, 0.2) is 5.78 Å². The number of rotatable bonds is 6. The van der Waals surface area contributed by atoms with E-state index in [0.29, 0.717) is 21.5 Å². The van der Waals surface area contributed by atoms with Gasteiger partial charge < -0.3 is 0 Å². The fourth-order valence-electron chi connectivity index (χ4n) is 4.49. The van der Waals surface area contributed by atoms with Crippen LogP contribution in [0.15, 0.2) is 77.7 Å². The number of aryl methyl sites for hydroxylation is 1. The second-order valence-electron chi connectivity index (χ2n) is 8.28. The van der Waals surface area contributed by atoms with Crippen molar-refractivity contribution in [2.75, 3.05) is 10.8 Å². The van der Waals surface area contributed by atoms with E-state index in [0.717, 1.165) is 45.8 Å². The minimum Gasteiger partial charge on any atom is -0.292 e. The SMILES string of the molecule is N#Cc1c(N(CC(=O)c2ccccc2)S(=O)(=O)c2cccc3ccccc23)sc2c1CCCC2. The predicted molar refractivity (Wildman–Crippen MR) is 135 cm³/mol. The Bertz CT molecular complexity index is 1530. The average Bonchev–Trinajstić information content (AvgIpc) is 3.25. The number of nitrogens with zero attached hydrogens (tertiary/aromatic N) is 2. The van der Waals surface area contributed by atoms with Crippen LogP contribution in [-0.2, 0) is 22.9 Å². The van der Waals surface area contributed by atoms with E-state index in [1.807, 2.05) is 24.3 Å². The Morgan fingerprint density at radius 3 is 2.44 bits per heavy atom. The number of Topliss-reactive ketones (excluding diaryl/α,β-unsaturated/α-hetero) is 1. The minimum absolute atomic E-state index is 0.127. The zero-order valence-electron chi connectivity index (χ0n) is 18.4. The van der Waals surface area contributed by atoms with E-state index in [2.05, 4.69) is 6.07 Å². The summed E-state index contributed by atoms with van der Waals surface area (Å²) in [5.41, 5.74) is 1.74. The van der Waals surface area contributed by atoms with Crippen molar-refractivity contribution in [3.8, 4) is 6.07 Å². The second-order valence-corrected chi connectivity index (χ2v) is 11.2. The van der Waals surface area contributed by atoms with E-state index < -0.39 is 10.0 Å². The van der Waals surface area contributed by atoms with E-state index in [1.54, 1.807) is 48.5 Å². The monoisotopic (exact) mass is 486 g/mol. The van der Waals surface area contributed by atoms with Gasteiger partial charge in [0, 0.05) is 15.8 Å². The number of anilines is 1. The first-order valence-electron chi connectivity index (χ1n) is 11.1. The van der Waals surface area contributed by atoms with Gasteiger partial charge in [-0.05, 0) is 42.7 Å². The molecule has 0 saturated heterocycles. The molecule has 0 unspecified atom stereocenters. The number of thiophene rings is 1. The minimum atomic E-state index is -4.14. The van der Waals surface area contributed by atoms with Gasteiger partial charge in [0.2, 0.25) is 0 Å². The first-order valence-corrected chi connectivity index (χ1v) is 13.4. The maximum absolute atomic E-state index is 14.2. The molecule has 5 rings (SSSR count). The van der Waals surface area contributed by atoms with Crippen LogP contribution in [0.25, 0.3) is 10.8 Å². The smallest absolute Gasteiger partial charge is 0.266 e. The van der Waals surface area contributed by atoms with Crippen LogP contribution in [0.4, 0.5) is 5.00 Å². The fraction of sp³-hybridized carbons (Fsp3) is 0.185. The molecule has 0 fully saturated rings. The number of nitriles is 1. The van der Waals surface area contributed by atoms with Gasteiger partial charge in [-0.2, -0.15) is 5.26 Å². The molecule has 1 aliphatic rings. The Morgan fingerprint density at radius 1 is 0.941 bits per heavy atom. The molecule has 4 aromatic rings. The third-order valence-electron chi connectivity index (χ3n) is 6.19. The molecule has 1 aliphatic carbocycles. The molecule has 1 heterocycles. The van der Waals surface area contributed by atoms with Gasteiger partial charge in [-0.1, -0.05) is 66.7 Å². The van der Waals surface area contributed by atoms with Crippen molar-refractivity contribution in [2.24, 2.45) is 0 Å². The van der Waals surface area contributed by atoms with Gasteiger partial charge in [0.1, 0.15) is 11.1 Å². The van der Waals surface area contributed by atoms with Crippen molar-refractivity contribution in [1.82, 2.24) is 0 Å². The Kier molecular flexibility index (Phi) is 5.94. The molecule has 5 nitrogen and oxygen atoms in total. The van der Waals surface area contributed by atoms with E-state index in [9.17, 15) is 18.5 Å². The Labute approximate surface area is 202 Å². The van der Waals surface area contributed by atoms with Crippen molar-refractivity contribution in [2.45, 2.75) is 30.6 Å². The topological polar surface area (TPSA) is 78.2 Å². The highest BCUT2D eigenvalue weighted by Crippen LogP contribution is 2.42. The Morgan fingerprint density at radius 2 is 1.65 bits per heavy atom. The van der Waals surface area contributed by atoms with Crippen molar-refractivity contribution in [1.29, 1.82) is 5.26 Å². The van der Waals surface area contributed by atoms with Gasteiger partial charge >= 0.3 is 0 Å². The first kappa shape index (κ1) is 22.3. The molecule has 0 spiro atoms. The van der Waals surface area contributed by atoms with Crippen LogP contribution in [0.2, 0.25) is 0 Å². The maximum Gasteiger partial charge on any atom is 0.266 e. The fourth-order valence-corrected chi connectivity index (χ4v) is 7.69. The molecule has 0 saturated carbocycles. The number of sulfonamides is 1. The van der Waals surface area contributed by atoms with Gasteiger partial charge in [0.25, 0.3) is 10.0 Å². The summed E-state index contributed by atoms with van der Waals surface area (Å²) in [7, 11) is -4.14. The van der Waals surface area contributed by atoms with E-state index >= 15 is 0 Å². The number of fused-ring (bicyclic) bond motifs is 2. The Hall–Kier alpha value is -3.47. The highest BCUT2D eigenvalue weighted by molar-refractivity contribution is 7.93. The molecule has 0 atom stereocenters. The number of benzene rings is 3. The van der Waals surface area contributed by atoms with Crippen LogP contribution in [0.1, 0.15) is 39.2 Å². The van der Waals surface area contributed by atoms with Crippen LogP contribution in [-0.4, -0.2) is 20.7 Å². The lowest BCUT2D eigenvalue weighted by Crippen LogP contribution is -2.36. The van der Waals surface area contributed by atoms with Gasteiger partial charge in [-0.3, -0.25) is 4.79 Å². The van der Waals surface area contributed by atoms with E-state index in [1.165, 1.54) is 11.3 Å². The first-order chi connectivity index (χ1) is 16.5. The van der Waals surface area contributed by atoms with Gasteiger partial charge in [-0.25, -0.2) is 12.7 Å². The number of hydrogen-bond acceptors (Lipinski definition) is 5. The number of hydrogen-bond donors (Lipinski definition) is 0. The largest absolute Gasteiger partial charge is 0.292 e. The molecule has 0 aliphatic heterocycles. The summed E-state index contributed by atoms with van der Waals surface area (Å²) in [5.74, 6) is -0.320. The highest BCUT2D eigenvalue weighted by Gasteiger charge is 2.34. The average molecular weight is 487 g/mol. The molecule has 7 heteroatoms. The molecule has 170 valence electrons. The zero-order chi connectivity index (χ0) is 23.7. The van der Waals surface area contributed by atoms with Crippen LogP contribution < -0.4 is 4.31 Å². The molecule has 1 aromatic heterocycles. The van der Waals surface area contributed by atoms with Crippen LogP contribution in [0.3, 0.4) is 0 Å². The summed E-state index contributed by atoms with van der Waals surface area (Å²) >= 11 is 1.33. The standard InChI is InChI=1S/C27H22N2O3S2/c28-17-23-22-14-6-7-15-25(22)33-27(23)29(18-24(30)20-10-2-1-3-11-20)34(31,32)26-16-8-12-19-9-4-5-13-21(19)26/h1-5,8-13,16H,6-7,14-15,18H2. The molecular weight excluding hydrogens is 464 g/mol. The molecule has 0 bridgehead atoms. The summed E-state index contributed by atoms with van der Waals surface area (Å²) in [6.07, 6.45) is 3.56. The third-order valence-corrected chi connectivity index (χ3v) is 9.43. The van der Waals surface area contributed by atoms with E-state index in [-0.39, 0.29) is 17.2 Å². The Balaban J connectivity index is 1.70. The van der Waals surface area contributed by atoms with Crippen LogP contribution >= 0.6 is 11.3 Å². The van der Waals surface area contributed by atoms with Crippen molar-refractivity contribution in [3.05, 3.63) is 94.4 Å². The summed E-state index contributed by atoms with van der Waals surface area (Å²) in [4.78, 5) is 14.4. The quantitative estimate of drug-likeness (QED) is 0.326. The summed E-state index contributed by atoms with van der Waals surface area (Å²) < 4.78 is 29.5. The summed E-state index contributed by atoms with van der Waals surface area (Å²) in [5, 5.41) is 11.7. The molecule has 0 radical (unpaired) electrons. The molecule has 0 N–H and O–H groups in total. The maximum atomic E-state index is 14.2. The normalized spacial score (nSPS) is 13.3. The zero-order valence-corrected chi connectivity index (χ0v) is 20.0. The van der Waals surface area contributed by atoms with Gasteiger partial charge in [-0.15, -0.1) is 11.3 Å².